The van der Waals surface area contributed by atoms with Crippen LogP contribution in [0.5, 0.6) is 0 Å². The van der Waals surface area contributed by atoms with Crippen LogP contribution >= 0.6 is 0 Å². The van der Waals surface area contributed by atoms with Crippen molar-refractivity contribution in [3.05, 3.63) is 42.1 Å². The summed E-state index contributed by atoms with van der Waals surface area (Å²) in [6.07, 6.45) is 7.30. The van der Waals surface area contributed by atoms with Crippen LogP contribution in [0.15, 0.2) is 41.6 Å². The van der Waals surface area contributed by atoms with E-state index in [2.05, 4.69) is 16.2 Å². The molecule has 2 aromatic rings. The molecule has 3 heteroatoms. The molecule has 3 nitrogen and oxygen atoms in total. The number of rotatable bonds is 2. The average Bonchev–Trinajstić information content (AvgIpc) is 2.63. The van der Waals surface area contributed by atoms with E-state index < -0.39 is 0 Å². The number of hydrogen-bond donors (Lipinski definition) is 2. The molecule has 0 saturated heterocycles. The summed E-state index contributed by atoms with van der Waals surface area (Å²) in [7, 11) is 0. The smallest absolute Gasteiger partial charge is 0.0465 e. The van der Waals surface area contributed by atoms with Crippen LogP contribution in [-0.4, -0.2) is 11.2 Å². The number of aromatic nitrogens is 1. The summed E-state index contributed by atoms with van der Waals surface area (Å²) in [6, 6.07) is 8.15. The van der Waals surface area contributed by atoms with Gasteiger partial charge in [-0.05, 0) is 17.7 Å². The first kappa shape index (κ1) is 8.56. The quantitative estimate of drug-likeness (QED) is 0.420. The highest BCUT2D eigenvalue weighted by Crippen LogP contribution is 2.18. The lowest BCUT2D eigenvalue weighted by molar-refractivity contribution is 1.27. The highest BCUT2D eigenvalue weighted by atomic mass is 15.1. The predicted molar refractivity (Wildman–Crippen MR) is 60.0 cm³/mol. The molecule has 0 radical (unpaired) electrons. The van der Waals surface area contributed by atoms with E-state index in [4.69, 9.17) is 5.84 Å². The van der Waals surface area contributed by atoms with Gasteiger partial charge >= 0.3 is 0 Å². The first-order valence-corrected chi connectivity index (χ1v) is 4.38. The fraction of sp³-hybridized carbons (Fsp3) is 0. The minimum atomic E-state index is 1.14. The van der Waals surface area contributed by atoms with Gasteiger partial charge in [-0.3, -0.25) is 0 Å². The lowest BCUT2D eigenvalue weighted by Gasteiger charge is -1.89. The van der Waals surface area contributed by atoms with Gasteiger partial charge in [-0.25, -0.2) is 0 Å². The summed E-state index contributed by atoms with van der Waals surface area (Å²) < 4.78 is 0. The number of aromatic amines is 1. The number of H-pyrrole nitrogens is 1. The van der Waals surface area contributed by atoms with E-state index in [-0.39, 0.29) is 0 Å². The SMILES string of the molecule is NN=CC=Cc1c[nH]c2ccccc12. The minimum Gasteiger partial charge on any atom is -0.361 e. The van der Waals surface area contributed by atoms with E-state index >= 15 is 0 Å². The molecule has 0 aliphatic heterocycles. The first-order chi connectivity index (χ1) is 6.92. The van der Waals surface area contributed by atoms with Crippen LogP contribution in [0.3, 0.4) is 0 Å². The third kappa shape index (κ3) is 1.52. The lowest BCUT2D eigenvalue weighted by atomic mass is 10.2. The molecule has 3 N–H and O–H groups in total. The maximum atomic E-state index is 4.99. The second-order valence-corrected chi connectivity index (χ2v) is 2.95. The Labute approximate surface area is 81.9 Å². The topological polar surface area (TPSA) is 54.2 Å². The van der Waals surface area contributed by atoms with Gasteiger partial charge in [-0.15, -0.1) is 0 Å². The summed E-state index contributed by atoms with van der Waals surface area (Å²) in [5.41, 5.74) is 2.28. The normalized spacial score (nSPS) is 12.0. The van der Waals surface area contributed by atoms with Gasteiger partial charge < -0.3 is 10.8 Å². The number of hydrogen-bond acceptors (Lipinski definition) is 2. The largest absolute Gasteiger partial charge is 0.361 e. The monoisotopic (exact) mass is 185 g/mol. The maximum absolute atomic E-state index is 4.99. The van der Waals surface area contributed by atoms with Crippen molar-refractivity contribution in [2.45, 2.75) is 0 Å². The van der Waals surface area contributed by atoms with E-state index in [9.17, 15) is 0 Å². The number of allylic oxidation sites excluding steroid dienone is 1. The Hall–Kier alpha value is -2.03. The molecule has 0 atom stereocenters. The average molecular weight is 185 g/mol. The van der Waals surface area contributed by atoms with Gasteiger partial charge in [0.1, 0.15) is 0 Å². The van der Waals surface area contributed by atoms with Crippen LogP contribution in [0.4, 0.5) is 0 Å². The van der Waals surface area contributed by atoms with Gasteiger partial charge in [0.15, 0.2) is 0 Å². The minimum absolute atomic E-state index is 1.14. The Kier molecular flexibility index (Phi) is 2.32. The Morgan fingerprint density at radius 1 is 1.29 bits per heavy atom. The summed E-state index contributed by atoms with van der Waals surface area (Å²) in [5, 5.41) is 4.60. The summed E-state index contributed by atoms with van der Waals surface area (Å²) >= 11 is 0. The highest BCUT2D eigenvalue weighted by molar-refractivity contribution is 5.91. The van der Waals surface area contributed by atoms with Crippen molar-refractivity contribution < 1.29 is 0 Å². The molecule has 1 heterocycles. The van der Waals surface area contributed by atoms with Crippen molar-refractivity contribution in [1.82, 2.24) is 4.98 Å². The molecular formula is C11H11N3. The number of benzene rings is 1. The molecule has 0 spiro atoms. The van der Waals surface area contributed by atoms with E-state index in [1.54, 1.807) is 6.21 Å². The molecule has 14 heavy (non-hydrogen) atoms. The molecule has 2 rings (SSSR count). The molecule has 0 fully saturated rings. The van der Waals surface area contributed by atoms with E-state index in [0.29, 0.717) is 0 Å². The summed E-state index contributed by atoms with van der Waals surface area (Å²) in [5.74, 6) is 4.99. The number of fused-ring (bicyclic) bond motifs is 1. The second-order valence-electron chi connectivity index (χ2n) is 2.95. The van der Waals surface area contributed by atoms with Crippen molar-refractivity contribution >= 4 is 23.2 Å². The predicted octanol–water partition coefficient (Wildman–Crippen LogP) is 2.13. The zero-order chi connectivity index (χ0) is 9.80. The van der Waals surface area contributed by atoms with E-state index in [1.807, 2.05) is 36.5 Å². The molecule has 0 saturated carbocycles. The van der Waals surface area contributed by atoms with Crippen LogP contribution < -0.4 is 5.84 Å². The Morgan fingerprint density at radius 2 is 2.14 bits per heavy atom. The molecule has 0 unspecified atom stereocenters. The Bertz CT molecular complexity index is 480. The third-order valence-corrected chi connectivity index (χ3v) is 2.07. The Morgan fingerprint density at radius 3 is 3.00 bits per heavy atom. The van der Waals surface area contributed by atoms with E-state index in [1.165, 1.54) is 5.39 Å². The fourth-order valence-electron chi connectivity index (χ4n) is 1.43. The van der Waals surface area contributed by atoms with Crippen LogP contribution in [-0.2, 0) is 0 Å². The summed E-state index contributed by atoms with van der Waals surface area (Å²) in [4.78, 5) is 3.19. The van der Waals surface area contributed by atoms with Gasteiger partial charge in [0.25, 0.3) is 0 Å². The number of nitrogens with one attached hydrogen (secondary N) is 1. The van der Waals surface area contributed by atoms with Crippen molar-refractivity contribution in [2.75, 3.05) is 0 Å². The van der Waals surface area contributed by atoms with Crippen LogP contribution in [0.1, 0.15) is 5.56 Å². The van der Waals surface area contributed by atoms with Crippen molar-refractivity contribution in [1.29, 1.82) is 0 Å². The standard InChI is InChI=1S/C11H11N3/c12-14-7-3-4-9-8-13-11-6-2-1-5-10(9)11/h1-8,13H,12H2. The molecular weight excluding hydrogens is 174 g/mol. The maximum Gasteiger partial charge on any atom is 0.0465 e. The number of nitrogens with zero attached hydrogens (tertiary/aromatic N) is 1. The fourth-order valence-corrected chi connectivity index (χ4v) is 1.43. The van der Waals surface area contributed by atoms with Crippen LogP contribution in [0.25, 0.3) is 17.0 Å². The number of para-hydroxylation sites is 1. The van der Waals surface area contributed by atoms with Gasteiger partial charge in [0.05, 0.1) is 0 Å². The Balaban J connectivity index is 2.43. The molecule has 0 amide bonds. The van der Waals surface area contributed by atoms with Gasteiger partial charge in [-0.2, -0.15) is 5.10 Å². The highest BCUT2D eigenvalue weighted by Gasteiger charge is 1.97. The zero-order valence-corrected chi connectivity index (χ0v) is 7.64. The number of hydrazone groups is 1. The van der Waals surface area contributed by atoms with Gasteiger partial charge in [-0.1, -0.05) is 24.3 Å². The lowest BCUT2D eigenvalue weighted by Crippen LogP contribution is -1.77. The number of nitrogens with two attached hydrogens (primary N) is 1. The van der Waals surface area contributed by atoms with Crippen molar-refractivity contribution in [2.24, 2.45) is 10.9 Å². The van der Waals surface area contributed by atoms with Gasteiger partial charge in [0, 0.05) is 23.3 Å². The molecule has 0 aliphatic rings. The second kappa shape index (κ2) is 3.79. The van der Waals surface area contributed by atoms with Gasteiger partial charge in [0.2, 0.25) is 0 Å². The molecule has 0 aliphatic carbocycles. The molecule has 1 aromatic carbocycles. The molecule has 1 aromatic heterocycles. The molecule has 70 valence electrons. The summed E-state index contributed by atoms with van der Waals surface area (Å²) in [6.45, 7) is 0. The third-order valence-electron chi connectivity index (χ3n) is 2.07. The molecule has 0 bridgehead atoms. The van der Waals surface area contributed by atoms with Crippen LogP contribution in [0.2, 0.25) is 0 Å². The van der Waals surface area contributed by atoms with Crippen molar-refractivity contribution in [3.63, 3.8) is 0 Å². The first-order valence-electron chi connectivity index (χ1n) is 4.38. The van der Waals surface area contributed by atoms with E-state index in [0.717, 1.165) is 11.1 Å². The zero-order valence-electron chi connectivity index (χ0n) is 7.64. The van der Waals surface area contributed by atoms with Crippen molar-refractivity contribution in [3.8, 4) is 0 Å². The van der Waals surface area contributed by atoms with Crippen LogP contribution in [0, 0.1) is 0 Å².